The predicted molar refractivity (Wildman–Crippen MR) is 134 cm³/mol. The fourth-order valence-corrected chi connectivity index (χ4v) is 4.55. The highest BCUT2D eigenvalue weighted by atomic mass is 32.2. The number of nitro groups is 1. The lowest BCUT2D eigenvalue weighted by atomic mass is 10.1. The Bertz CT molecular complexity index is 1380. The second-order valence-electron chi connectivity index (χ2n) is 7.83. The normalized spacial score (nSPS) is 10.9. The SMILES string of the molecule is CC(=O)NCCCc1nnc(SCC(=O)c2ccc([N+](=O)[O-])cc2)n1-c1cccc2ccccc12. The molecule has 0 atom stereocenters. The number of thioether (sulfide) groups is 1. The molecule has 1 aromatic heterocycles. The summed E-state index contributed by atoms with van der Waals surface area (Å²) in [6, 6.07) is 19.6. The maximum atomic E-state index is 12.8. The third kappa shape index (κ3) is 5.72. The molecule has 0 fully saturated rings. The number of aromatic nitrogens is 3. The van der Waals surface area contributed by atoms with Crippen LogP contribution in [0.4, 0.5) is 5.69 Å². The molecule has 0 radical (unpaired) electrons. The largest absolute Gasteiger partial charge is 0.356 e. The van der Waals surface area contributed by atoms with Gasteiger partial charge in [0, 0.05) is 43.0 Å². The first-order valence-corrected chi connectivity index (χ1v) is 12.0. The summed E-state index contributed by atoms with van der Waals surface area (Å²) < 4.78 is 1.96. The van der Waals surface area contributed by atoms with Crippen LogP contribution in [0.2, 0.25) is 0 Å². The Hall–Kier alpha value is -4.05. The Morgan fingerprint density at radius 3 is 2.51 bits per heavy atom. The number of nitrogens with zero attached hydrogens (tertiary/aromatic N) is 4. The molecule has 35 heavy (non-hydrogen) atoms. The molecular weight excluding hydrogens is 466 g/mol. The van der Waals surface area contributed by atoms with Crippen molar-refractivity contribution in [1.29, 1.82) is 0 Å². The zero-order chi connectivity index (χ0) is 24.8. The van der Waals surface area contributed by atoms with Gasteiger partial charge in [0.05, 0.1) is 16.4 Å². The molecule has 10 heteroatoms. The Labute approximate surface area is 205 Å². The van der Waals surface area contributed by atoms with Gasteiger partial charge in [-0.25, -0.2) is 0 Å². The molecule has 0 spiro atoms. The lowest BCUT2D eigenvalue weighted by Crippen LogP contribution is -2.21. The third-order valence-electron chi connectivity index (χ3n) is 5.39. The van der Waals surface area contributed by atoms with Crippen LogP contribution in [0.15, 0.2) is 71.9 Å². The van der Waals surface area contributed by atoms with Crippen molar-refractivity contribution >= 4 is 39.9 Å². The zero-order valence-corrected chi connectivity index (χ0v) is 19.8. The summed E-state index contributed by atoms with van der Waals surface area (Å²) >= 11 is 1.27. The Kier molecular flexibility index (Phi) is 7.51. The second kappa shape index (κ2) is 10.9. The fraction of sp³-hybridized carbons (Fsp3) is 0.200. The highest BCUT2D eigenvalue weighted by Gasteiger charge is 2.18. The Balaban J connectivity index is 1.60. The van der Waals surface area contributed by atoms with Crippen LogP contribution in [0, 0.1) is 10.1 Å². The van der Waals surface area contributed by atoms with E-state index in [4.69, 9.17) is 0 Å². The summed E-state index contributed by atoms with van der Waals surface area (Å²) in [6.07, 6.45) is 1.28. The van der Waals surface area contributed by atoms with Gasteiger partial charge in [0.15, 0.2) is 10.9 Å². The highest BCUT2D eigenvalue weighted by Crippen LogP contribution is 2.29. The summed E-state index contributed by atoms with van der Waals surface area (Å²) in [7, 11) is 0. The lowest BCUT2D eigenvalue weighted by Gasteiger charge is -2.13. The molecule has 0 saturated carbocycles. The Morgan fingerprint density at radius 2 is 1.77 bits per heavy atom. The van der Waals surface area contributed by atoms with Crippen LogP contribution in [-0.4, -0.2) is 43.7 Å². The van der Waals surface area contributed by atoms with Crippen LogP contribution in [0.1, 0.15) is 29.5 Å². The number of amides is 1. The quantitative estimate of drug-likeness (QED) is 0.115. The fourth-order valence-electron chi connectivity index (χ4n) is 3.69. The van der Waals surface area contributed by atoms with Crippen molar-refractivity contribution in [3.05, 3.63) is 88.2 Å². The number of hydrogen-bond donors (Lipinski definition) is 1. The average Bonchev–Trinajstić information content (AvgIpc) is 3.27. The Morgan fingerprint density at radius 1 is 1.03 bits per heavy atom. The van der Waals surface area contributed by atoms with Gasteiger partial charge in [-0.15, -0.1) is 10.2 Å². The van der Waals surface area contributed by atoms with Gasteiger partial charge in [0.1, 0.15) is 5.82 Å². The minimum atomic E-state index is -0.497. The van der Waals surface area contributed by atoms with Crippen LogP contribution in [0.5, 0.6) is 0 Å². The maximum Gasteiger partial charge on any atom is 0.269 e. The van der Waals surface area contributed by atoms with Gasteiger partial charge in [-0.3, -0.25) is 24.3 Å². The predicted octanol–water partition coefficient (Wildman–Crippen LogP) is 4.37. The van der Waals surface area contributed by atoms with E-state index in [1.807, 2.05) is 47.0 Å². The van der Waals surface area contributed by atoms with Gasteiger partial charge in [-0.2, -0.15) is 0 Å². The van der Waals surface area contributed by atoms with E-state index in [-0.39, 0.29) is 23.1 Å². The van der Waals surface area contributed by atoms with Crippen LogP contribution >= 0.6 is 11.8 Å². The first-order valence-electron chi connectivity index (χ1n) is 11.0. The van der Waals surface area contributed by atoms with Gasteiger partial charge in [-0.05, 0) is 30.0 Å². The number of carbonyl (C=O) groups excluding carboxylic acids is 2. The van der Waals surface area contributed by atoms with Crippen molar-refractivity contribution in [2.24, 2.45) is 0 Å². The number of rotatable bonds is 10. The van der Waals surface area contributed by atoms with Gasteiger partial charge in [-0.1, -0.05) is 48.2 Å². The number of nitrogens with one attached hydrogen (secondary N) is 1. The average molecular weight is 490 g/mol. The summed E-state index contributed by atoms with van der Waals surface area (Å²) in [5.41, 5.74) is 1.25. The number of hydrogen-bond acceptors (Lipinski definition) is 7. The number of fused-ring (bicyclic) bond motifs is 1. The van der Waals surface area contributed by atoms with Crippen LogP contribution in [0.3, 0.4) is 0 Å². The van der Waals surface area contributed by atoms with E-state index in [2.05, 4.69) is 15.5 Å². The number of non-ortho nitro benzene ring substituents is 1. The van der Waals surface area contributed by atoms with E-state index in [0.717, 1.165) is 22.3 Å². The van der Waals surface area contributed by atoms with Crippen molar-refractivity contribution in [3.63, 3.8) is 0 Å². The lowest BCUT2D eigenvalue weighted by molar-refractivity contribution is -0.384. The molecule has 9 nitrogen and oxygen atoms in total. The second-order valence-corrected chi connectivity index (χ2v) is 8.78. The first-order chi connectivity index (χ1) is 16.9. The standard InChI is InChI=1S/C25H23N5O4S/c1-17(31)26-15-5-10-24-27-28-25(29(24)22-9-4-7-18-6-2-3-8-21(18)22)35-16-23(32)19-11-13-20(14-12-19)30(33)34/h2-4,6-9,11-14H,5,10,15-16H2,1H3,(H,26,31). The number of aryl methyl sites for hydroxylation is 1. The van der Waals surface area contributed by atoms with E-state index >= 15 is 0 Å². The van der Waals surface area contributed by atoms with Gasteiger partial charge < -0.3 is 5.32 Å². The zero-order valence-electron chi connectivity index (χ0n) is 19.0. The number of Topliss-reactive ketones (excluding diaryl/α,β-unsaturated/α-hetero) is 1. The molecule has 0 bridgehead atoms. The number of ketones is 1. The first kappa shape index (κ1) is 24.1. The number of nitro benzene ring substituents is 1. The van der Waals surface area contributed by atoms with E-state index in [9.17, 15) is 19.7 Å². The minimum Gasteiger partial charge on any atom is -0.356 e. The molecule has 1 N–H and O–H groups in total. The maximum absolute atomic E-state index is 12.8. The minimum absolute atomic E-state index is 0.0613. The van der Waals surface area contributed by atoms with Crippen molar-refractivity contribution in [2.45, 2.75) is 24.9 Å². The van der Waals surface area contributed by atoms with Gasteiger partial charge in [0.25, 0.3) is 5.69 Å². The van der Waals surface area contributed by atoms with Gasteiger partial charge in [0.2, 0.25) is 5.91 Å². The molecule has 1 heterocycles. The molecule has 3 aromatic carbocycles. The van der Waals surface area contributed by atoms with Crippen LogP contribution in [0.25, 0.3) is 16.5 Å². The molecule has 0 aliphatic heterocycles. The monoisotopic (exact) mass is 489 g/mol. The van der Waals surface area contributed by atoms with Crippen molar-refractivity contribution in [2.75, 3.05) is 12.3 Å². The third-order valence-corrected chi connectivity index (χ3v) is 6.32. The summed E-state index contributed by atoms with van der Waals surface area (Å²) in [6.45, 7) is 2.01. The topological polar surface area (TPSA) is 120 Å². The number of carbonyl (C=O) groups is 2. The number of benzene rings is 3. The van der Waals surface area contributed by atoms with Crippen molar-refractivity contribution in [3.8, 4) is 5.69 Å². The molecule has 1 amide bonds. The molecule has 0 aliphatic rings. The van der Waals surface area contributed by atoms with E-state index in [1.54, 1.807) is 0 Å². The van der Waals surface area contributed by atoms with E-state index < -0.39 is 4.92 Å². The van der Waals surface area contributed by atoms with Crippen molar-refractivity contribution < 1.29 is 14.5 Å². The summed E-state index contributed by atoms with van der Waals surface area (Å²) in [4.78, 5) is 34.3. The molecule has 0 saturated heterocycles. The van der Waals surface area contributed by atoms with Crippen LogP contribution in [-0.2, 0) is 11.2 Å². The van der Waals surface area contributed by atoms with Crippen LogP contribution < -0.4 is 5.32 Å². The van der Waals surface area contributed by atoms with Gasteiger partial charge >= 0.3 is 0 Å². The highest BCUT2D eigenvalue weighted by molar-refractivity contribution is 7.99. The molecule has 4 rings (SSSR count). The summed E-state index contributed by atoms with van der Waals surface area (Å²) in [5.74, 6) is 0.593. The van der Waals surface area contributed by atoms with E-state index in [1.165, 1.54) is 43.0 Å². The van der Waals surface area contributed by atoms with E-state index in [0.29, 0.717) is 30.1 Å². The molecule has 178 valence electrons. The molecule has 0 unspecified atom stereocenters. The summed E-state index contributed by atoms with van der Waals surface area (Å²) in [5, 5.41) is 25.1. The smallest absolute Gasteiger partial charge is 0.269 e. The van der Waals surface area contributed by atoms with Crippen molar-refractivity contribution in [1.82, 2.24) is 20.1 Å². The molecule has 0 aliphatic carbocycles. The molecule has 4 aromatic rings. The molecular formula is C25H23N5O4S.